The standard InChI is InChI=1S/C26H31F3N6O/c1-3-32-8-6-19-14-20(15-25(36-2)22(19)16-26(27,28)29)23(17-31)24-5-4-21(18-33-24)35-12-10-34(9-7-30)11-13-35/h3-5,14-15,17-18,32H,1,6,8-13,16,31H2,2H3. The highest BCUT2D eigenvalue weighted by atomic mass is 19.4. The molecule has 1 aliphatic heterocycles. The second kappa shape index (κ2) is 12.3. The number of aromatic nitrogens is 1. The van der Waals surface area contributed by atoms with Crippen LogP contribution in [0, 0.1) is 11.3 Å². The molecular weight excluding hydrogens is 469 g/mol. The van der Waals surface area contributed by atoms with E-state index in [4.69, 9.17) is 15.7 Å². The van der Waals surface area contributed by atoms with Crippen molar-refractivity contribution in [3.8, 4) is 11.8 Å². The van der Waals surface area contributed by atoms with Crippen molar-refractivity contribution in [2.45, 2.75) is 19.0 Å². The number of methoxy groups -OCH3 is 1. The van der Waals surface area contributed by atoms with E-state index in [1.165, 1.54) is 19.5 Å². The van der Waals surface area contributed by atoms with Gasteiger partial charge in [-0.3, -0.25) is 9.88 Å². The maximum absolute atomic E-state index is 13.3. The summed E-state index contributed by atoms with van der Waals surface area (Å²) in [6, 6.07) is 9.28. The van der Waals surface area contributed by atoms with Crippen molar-refractivity contribution in [3.05, 3.63) is 71.8 Å². The van der Waals surface area contributed by atoms with Gasteiger partial charge >= 0.3 is 6.18 Å². The fraction of sp³-hybridized carbons (Fsp3) is 0.385. The van der Waals surface area contributed by atoms with Crippen LogP contribution in [0.15, 0.2) is 49.4 Å². The van der Waals surface area contributed by atoms with Crippen molar-refractivity contribution in [1.82, 2.24) is 15.2 Å². The Bertz CT molecular complexity index is 1100. The Balaban J connectivity index is 1.88. The Kier molecular flexibility index (Phi) is 9.19. The summed E-state index contributed by atoms with van der Waals surface area (Å²) in [5.41, 5.74) is 9.37. The molecule has 1 fully saturated rings. The molecule has 0 amide bonds. The first-order chi connectivity index (χ1) is 17.3. The lowest BCUT2D eigenvalue weighted by molar-refractivity contribution is -0.127. The number of nitriles is 1. The van der Waals surface area contributed by atoms with Gasteiger partial charge in [-0.1, -0.05) is 12.6 Å². The highest BCUT2D eigenvalue weighted by Crippen LogP contribution is 2.35. The number of benzene rings is 1. The van der Waals surface area contributed by atoms with E-state index in [1.807, 2.05) is 12.1 Å². The molecule has 3 rings (SSSR count). The largest absolute Gasteiger partial charge is 0.496 e. The third-order valence-corrected chi connectivity index (χ3v) is 6.11. The fourth-order valence-corrected chi connectivity index (χ4v) is 4.30. The summed E-state index contributed by atoms with van der Waals surface area (Å²) >= 11 is 0. The molecule has 0 spiro atoms. The zero-order valence-electron chi connectivity index (χ0n) is 20.3. The van der Waals surface area contributed by atoms with Crippen LogP contribution in [0.4, 0.5) is 18.9 Å². The number of anilines is 1. The van der Waals surface area contributed by atoms with Crippen molar-refractivity contribution in [2.75, 3.05) is 51.3 Å². The van der Waals surface area contributed by atoms with E-state index in [0.29, 0.717) is 41.9 Å². The lowest BCUT2D eigenvalue weighted by Crippen LogP contribution is -2.46. The number of pyridine rings is 1. The molecule has 0 bridgehead atoms. The molecule has 0 unspecified atom stereocenters. The van der Waals surface area contributed by atoms with Crippen LogP contribution in [0.3, 0.4) is 0 Å². The van der Waals surface area contributed by atoms with Crippen molar-refractivity contribution in [1.29, 1.82) is 5.26 Å². The average molecular weight is 501 g/mol. The van der Waals surface area contributed by atoms with Gasteiger partial charge in [0.05, 0.1) is 43.7 Å². The number of nitrogens with one attached hydrogen (secondary N) is 1. The molecule has 0 saturated carbocycles. The van der Waals surface area contributed by atoms with Crippen LogP contribution in [-0.2, 0) is 12.8 Å². The number of nitrogens with two attached hydrogens (primary N) is 1. The van der Waals surface area contributed by atoms with Gasteiger partial charge in [-0.2, -0.15) is 18.4 Å². The first kappa shape index (κ1) is 26.9. The molecule has 0 radical (unpaired) electrons. The van der Waals surface area contributed by atoms with Crippen LogP contribution in [0.2, 0.25) is 0 Å². The first-order valence-corrected chi connectivity index (χ1v) is 11.6. The van der Waals surface area contributed by atoms with Gasteiger partial charge in [0.1, 0.15) is 5.75 Å². The van der Waals surface area contributed by atoms with E-state index in [-0.39, 0.29) is 11.3 Å². The predicted molar refractivity (Wildman–Crippen MR) is 134 cm³/mol. The van der Waals surface area contributed by atoms with Gasteiger partial charge < -0.3 is 20.7 Å². The molecule has 2 aromatic rings. The molecule has 36 heavy (non-hydrogen) atoms. The Hall–Kier alpha value is -3.71. The van der Waals surface area contributed by atoms with Gasteiger partial charge in [-0.15, -0.1) is 0 Å². The summed E-state index contributed by atoms with van der Waals surface area (Å²) in [4.78, 5) is 8.90. The normalized spacial score (nSPS) is 14.9. The fourth-order valence-electron chi connectivity index (χ4n) is 4.30. The highest BCUT2D eigenvalue weighted by Gasteiger charge is 2.31. The minimum Gasteiger partial charge on any atom is -0.496 e. The number of hydrogen-bond acceptors (Lipinski definition) is 7. The highest BCUT2D eigenvalue weighted by molar-refractivity contribution is 5.79. The summed E-state index contributed by atoms with van der Waals surface area (Å²) < 4.78 is 45.3. The van der Waals surface area contributed by atoms with Gasteiger partial charge in [-0.05, 0) is 41.9 Å². The number of ether oxygens (including phenoxy) is 1. The van der Waals surface area contributed by atoms with E-state index in [0.717, 1.165) is 31.9 Å². The molecule has 0 aliphatic carbocycles. The van der Waals surface area contributed by atoms with Crippen molar-refractivity contribution in [2.24, 2.45) is 5.73 Å². The minimum absolute atomic E-state index is 0.106. The number of piperazine rings is 1. The number of hydrogen-bond donors (Lipinski definition) is 2. The SMILES string of the molecule is C=CNCCc1cc(C(=CN)c2ccc(N3CCN(CC#N)CC3)cn2)cc(OC)c1CC(F)(F)F. The molecule has 3 N–H and O–H groups in total. The topological polar surface area (TPSA) is 90.4 Å². The monoisotopic (exact) mass is 500 g/mol. The third kappa shape index (κ3) is 6.92. The minimum atomic E-state index is -4.38. The van der Waals surface area contributed by atoms with Gasteiger partial charge in [0.25, 0.3) is 0 Å². The van der Waals surface area contributed by atoms with Gasteiger partial charge in [0.2, 0.25) is 0 Å². The average Bonchev–Trinajstić information content (AvgIpc) is 2.86. The number of halogens is 3. The molecular formula is C26H31F3N6O. The summed E-state index contributed by atoms with van der Waals surface area (Å²) in [6.07, 6.45) is -0.431. The molecule has 1 saturated heterocycles. The predicted octanol–water partition coefficient (Wildman–Crippen LogP) is 3.46. The lowest BCUT2D eigenvalue weighted by Gasteiger charge is -2.34. The zero-order chi connectivity index (χ0) is 26.1. The Labute approximate surface area is 209 Å². The second-order valence-corrected chi connectivity index (χ2v) is 8.42. The molecule has 192 valence electrons. The summed E-state index contributed by atoms with van der Waals surface area (Å²) in [7, 11) is 1.36. The van der Waals surface area contributed by atoms with E-state index < -0.39 is 12.6 Å². The molecule has 1 aromatic carbocycles. The van der Waals surface area contributed by atoms with Crippen molar-refractivity contribution < 1.29 is 17.9 Å². The number of rotatable bonds is 10. The van der Waals surface area contributed by atoms with E-state index in [9.17, 15) is 13.2 Å². The van der Waals surface area contributed by atoms with E-state index >= 15 is 0 Å². The summed E-state index contributed by atoms with van der Waals surface area (Å²) in [5, 5.41) is 11.8. The third-order valence-electron chi connectivity index (χ3n) is 6.11. The van der Waals surface area contributed by atoms with E-state index in [1.54, 1.807) is 18.3 Å². The molecule has 1 aliphatic rings. The molecule has 2 heterocycles. The zero-order valence-corrected chi connectivity index (χ0v) is 20.3. The molecule has 1 aromatic heterocycles. The van der Waals surface area contributed by atoms with Crippen LogP contribution in [0.1, 0.15) is 22.4 Å². The Morgan fingerprint density at radius 3 is 2.58 bits per heavy atom. The van der Waals surface area contributed by atoms with E-state index in [2.05, 4.69) is 32.7 Å². The second-order valence-electron chi connectivity index (χ2n) is 8.42. The Morgan fingerprint density at radius 2 is 2.03 bits per heavy atom. The maximum atomic E-state index is 13.3. The van der Waals surface area contributed by atoms with Gasteiger partial charge in [0, 0.05) is 50.1 Å². The number of alkyl halides is 3. The lowest BCUT2D eigenvalue weighted by atomic mass is 9.93. The van der Waals surface area contributed by atoms with Gasteiger partial charge in [-0.25, -0.2) is 0 Å². The smallest absolute Gasteiger partial charge is 0.393 e. The first-order valence-electron chi connectivity index (χ1n) is 11.6. The molecule has 10 heteroatoms. The van der Waals surface area contributed by atoms with Crippen LogP contribution >= 0.6 is 0 Å². The van der Waals surface area contributed by atoms with Crippen LogP contribution < -0.4 is 20.7 Å². The quantitative estimate of drug-likeness (QED) is 0.381. The number of nitrogens with zero attached hydrogens (tertiary/aromatic N) is 4. The van der Waals surface area contributed by atoms with Crippen LogP contribution in [-0.4, -0.2) is 62.4 Å². The molecule has 7 nitrogen and oxygen atoms in total. The van der Waals surface area contributed by atoms with Crippen LogP contribution in [0.25, 0.3) is 5.57 Å². The summed E-state index contributed by atoms with van der Waals surface area (Å²) in [6.45, 7) is 7.63. The van der Waals surface area contributed by atoms with Gasteiger partial charge in [0.15, 0.2) is 0 Å². The maximum Gasteiger partial charge on any atom is 0.393 e. The molecule has 0 atom stereocenters. The van der Waals surface area contributed by atoms with Crippen LogP contribution in [0.5, 0.6) is 5.75 Å². The van der Waals surface area contributed by atoms with Crippen molar-refractivity contribution >= 4 is 11.3 Å². The van der Waals surface area contributed by atoms with Crippen molar-refractivity contribution in [3.63, 3.8) is 0 Å². The summed E-state index contributed by atoms with van der Waals surface area (Å²) in [5.74, 6) is 0.157. The Morgan fingerprint density at radius 1 is 1.28 bits per heavy atom.